The lowest BCUT2D eigenvalue weighted by atomic mass is 9.93. The Hall–Kier alpha value is -3.90. The van der Waals surface area contributed by atoms with Gasteiger partial charge in [0.05, 0.1) is 17.8 Å². The molecular weight excluding hydrogens is 477 g/mol. The van der Waals surface area contributed by atoms with Crippen molar-refractivity contribution in [2.75, 3.05) is 11.9 Å². The monoisotopic (exact) mass is 502 g/mol. The lowest BCUT2D eigenvalue weighted by Gasteiger charge is -2.29. The third-order valence-corrected chi connectivity index (χ3v) is 6.25. The number of rotatable bonds is 6. The number of nitrogens with one attached hydrogen (secondary N) is 1. The van der Waals surface area contributed by atoms with E-state index in [1.165, 1.54) is 10.7 Å². The second-order valence-corrected chi connectivity index (χ2v) is 8.93. The largest absolute Gasteiger partial charge is 0.473 e. The Balaban J connectivity index is 1.40. The molecule has 1 N–H and O–H groups in total. The van der Waals surface area contributed by atoms with Crippen LogP contribution in [-0.4, -0.2) is 53.2 Å². The molecule has 0 amide bonds. The highest BCUT2D eigenvalue weighted by Crippen LogP contribution is 2.36. The second kappa shape index (κ2) is 9.28. The van der Waals surface area contributed by atoms with Crippen molar-refractivity contribution in [1.29, 1.82) is 0 Å². The molecule has 0 aliphatic heterocycles. The molecule has 5 rings (SSSR count). The molecule has 0 aromatic carbocycles. The minimum absolute atomic E-state index is 0.0312. The van der Waals surface area contributed by atoms with Crippen LogP contribution in [0.15, 0.2) is 41.6 Å². The summed E-state index contributed by atoms with van der Waals surface area (Å²) in [6.45, 7) is -1.17. The number of alkyl halides is 3. The smallest absolute Gasteiger partial charge is 0.405 e. The molecule has 4 aromatic heterocycles. The van der Waals surface area contributed by atoms with Crippen molar-refractivity contribution >= 4 is 16.7 Å². The van der Waals surface area contributed by atoms with Crippen LogP contribution in [0.3, 0.4) is 0 Å². The van der Waals surface area contributed by atoms with Crippen LogP contribution in [0.1, 0.15) is 31.7 Å². The predicted octanol–water partition coefficient (Wildman–Crippen LogP) is 3.46. The number of anilines is 1. The SMILES string of the molecule is Cn1cc(-c2nn([C@H]3CC[C@@H](Oc4ccc(=O)n(C)n4)CC3)c3cc(NCC(F)(F)F)ncc23)cn1. The van der Waals surface area contributed by atoms with Gasteiger partial charge in [-0.3, -0.25) is 14.2 Å². The molecule has 1 saturated carbocycles. The van der Waals surface area contributed by atoms with Crippen molar-refractivity contribution < 1.29 is 17.9 Å². The first kappa shape index (κ1) is 23.8. The minimum Gasteiger partial charge on any atom is -0.473 e. The number of aromatic nitrogens is 7. The van der Waals surface area contributed by atoms with Gasteiger partial charge in [0.25, 0.3) is 5.56 Å². The molecule has 13 heteroatoms. The standard InChI is InChI=1S/C23H25F3N8O2/c1-32-12-14(10-29-32)22-17-11-27-19(28-13-23(24,25)26)9-18(17)34(31-22)15-3-5-16(6-4-15)36-20-7-8-21(35)33(2)30-20/h7-12,15-16H,3-6,13H2,1-2H3,(H,27,28)/t15-,16+. The molecule has 0 atom stereocenters. The van der Waals surface area contributed by atoms with Crippen LogP contribution in [0.4, 0.5) is 19.0 Å². The van der Waals surface area contributed by atoms with Crippen molar-refractivity contribution in [2.24, 2.45) is 14.1 Å². The van der Waals surface area contributed by atoms with E-state index in [9.17, 15) is 18.0 Å². The maximum atomic E-state index is 12.7. The fourth-order valence-corrected chi connectivity index (χ4v) is 4.48. The highest BCUT2D eigenvalue weighted by atomic mass is 19.4. The fraction of sp³-hybridized carbons (Fsp3) is 0.435. The van der Waals surface area contributed by atoms with E-state index in [2.05, 4.69) is 20.5 Å². The molecular formula is C23H25F3N8O2. The summed E-state index contributed by atoms with van der Waals surface area (Å²) >= 11 is 0. The van der Waals surface area contributed by atoms with Crippen molar-refractivity contribution in [1.82, 2.24) is 34.3 Å². The number of ether oxygens (including phenoxy) is 1. The van der Waals surface area contributed by atoms with Crippen molar-refractivity contribution in [3.8, 4) is 17.1 Å². The minimum atomic E-state index is -4.35. The number of halogens is 3. The predicted molar refractivity (Wildman–Crippen MR) is 126 cm³/mol. The number of aryl methyl sites for hydroxylation is 2. The van der Waals surface area contributed by atoms with Crippen molar-refractivity contribution in [2.45, 2.75) is 44.0 Å². The number of hydrogen-bond acceptors (Lipinski definition) is 7. The van der Waals surface area contributed by atoms with Crippen LogP contribution in [0.5, 0.6) is 5.88 Å². The zero-order chi connectivity index (χ0) is 25.4. The number of hydrogen-bond donors (Lipinski definition) is 1. The van der Waals surface area contributed by atoms with E-state index in [1.807, 2.05) is 10.9 Å². The van der Waals surface area contributed by atoms with Gasteiger partial charge in [0.1, 0.15) is 24.2 Å². The fourth-order valence-electron chi connectivity index (χ4n) is 4.48. The molecule has 0 unspecified atom stereocenters. The van der Waals surface area contributed by atoms with Gasteiger partial charge in [-0.05, 0) is 25.7 Å². The quantitative estimate of drug-likeness (QED) is 0.431. The molecule has 0 spiro atoms. The summed E-state index contributed by atoms with van der Waals surface area (Å²) in [5.74, 6) is 0.534. The maximum absolute atomic E-state index is 12.7. The van der Waals surface area contributed by atoms with E-state index < -0.39 is 12.7 Å². The normalized spacial score (nSPS) is 18.5. The molecule has 1 aliphatic carbocycles. The third kappa shape index (κ3) is 5.04. The first-order valence-electron chi connectivity index (χ1n) is 11.6. The molecule has 4 aromatic rings. The van der Waals surface area contributed by atoms with Crippen LogP contribution in [0.25, 0.3) is 22.2 Å². The lowest BCUT2D eigenvalue weighted by molar-refractivity contribution is -0.115. The van der Waals surface area contributed by atoms with Gasteiger partial charge >= 0.3 is 6.18 Å². The zero-order valence-corrected chi connectivity index (χ0v) is 19.7. The summed E-state index contributed by atoms with van der Waals surface area (Å²) in [6, 6.07) is 4.63. The number of nitrogens with zero attached hydrogens (tertiary/aromatic N) is 7. The van der Waals surface area contributed by atoms with Crippen LogP contribution in [0, 0.1) is 0 Å². The average Bonchev–Trinajstić information content (AvgIpc) is 3.43. The molecule has 36 heavy (non-hydrogen) atoms. The topological polar surface area (TPSA) is 105 Å². The van der Waals surface area contributed by atoms with Crippen LogP contribution >= 0.6 is 0 Å². The van der Waals surface area contributed by atoms with Gasteiger partial charge in [0, 0.05) is 55.6 Å². The molecule has 190 valence electrons. The van der Waals surface area contributed by atoms with E-state index in [-0.39, 0.29) is 23.5 Å². The molecule has 0 radical (unpaired) electrons. The lowest BCUT2D eigenvalue weighted by Crippen LogP contribution is -2.27. The van der Waals surface area contributed by atoms with E-state index in [0.29, 0.717) is 17.1 Å². The summed E-state index contributed by atoms with van der Waals surface area (Å²) < 4.78 is 49.0. The summed E-state index contributed by atoms with van der Waals surface area (Å²) in [6.07, 6.45) is 3.68. The Labute approximate surface area is 203 Å². The van der Waals surface area contributed by atoms with Crippen LogP contribution < -0.4 is 15.6 Å². The Kier molecular flexibility index (Phi) is 6.14. The molecule has 10 nitrogen and oxygen atoms in total. The van der Waals surface area contributed by atoms with E-state index in [4.69, 9.17) is 9.84 Å². The second-order valence-electron chi connectivity index (χ2n) is 8.93. The molecule has 0 bridgehead atoms. The summed E-state index contributed by atoms with van der Waals surface area (Å²) in [7, 11) is 3.38. The van der Waals surface area contributed by atoms with E-state index in [1.54, 1.807) is 43.3 Å². The summed E-state index contributed by atoms with van der Waals surface area (Å²) in [5.41, 5.74) is 1.98. The number of fused-ring (bicyclic) bond motifs is 1. The average molecular weight is 503 g/mol. The first-order valence-corrected chi connectivity index (χ1v) is 11.6. The Morgan fingerprint density at radius 3 is 2.56 bits per heavy atom. The first-order chi connectivity index (χ1) is 17.2. The van der Waals surface area contributed by atoms with Crippen molar-refractivity contribution in [3.05, 3.63) is 47.1 Å². The Morgan fingerprint density at radius 2 is 1.89 bits per heavy atom. The van der Waals surface area contributed by atoms with Gasteiger partial charge in [-0.2, -0.15) is 23.4 Å². The zero-order valence-electron chi connectivity index (χ0n) is 19.7. The Morgan fingerprint density at radius 1 is 1.11 bits per heavy atom. The van der Waals surface area contributed by atoms with Crippen molar-refractivity contribution in [3.63, 3.8) is 0 Å². The van der Waals surface area contributed by atoms with E-state index in [0.717, 1.165) is 36.6 Å². The third-order valence-electron chi connectivity index (χ3n) is 6.25. The summed E-state index contributed by atoms with van der Waals surface area (Å²) in [4.78, 5) is 15.7. The van der Waals surface area contributed by atoms with E-state index >= 15 is 0 Å². The molecule has 0 saturated heterocycles. The molecule has 1 fully saturated rings. The van der Waals surface area contributed by atoms with Crippen LogP contribution in [0.2, 0.25) is 0 Å². The van der Waals surface area contributed by atoms with Gasteiger partial charge in [-0.25, -0.2) is 9.67 Å². The summed E-state index contributed by atoms with van der Waals surface area (Å²) in [5, 5.41) is 16.3. The highest BCUT2D eigenvalue weighted by Gasteiger charge is 2.29. The van der Waals surface area contributed by atoms with Gasteiger partial charge in [-0.1, -0.05) is 0 Å². The van der Waals surface area contributed by atoms with Gasteiger partial charge in [0.2, 0.25) is 5.88 Å². The highest BCUT2D eigenvalue weighted by molar-refractivity contribution is 5.93. The molecule has 4 heterocycles. The van der Waals surface area contributed by atoms with Gasteiger partial charge in [0.15, 0.2) is 0 Å². The Bertz CT molecular complexity index is 1430. The maximum Gasteiger partial charge on any atom is 0.405 e. The van der Waals surface area contributed by atoms with Gasteiger partial charge < -0.3 is 10.1 Å². The number of pyridine rings is 1. The van der Waals surface area contributed by atoms with Crippen LogP contribution in [-0.2, 0) is 14.1 Å². The molecule has 1 aliphatic rings. The van der Waals surface area contributed by atoms with Gasteiger partial charge in [-0.15, -0.1) is 5.10 Å².